The summed E-state index contributed by atoms with van der Waals surface area (Å²) in [5.41, 5.74) is 1.21. The van der Waals surface area contributed by atoms with Gasteiger partial charge in [0.15, 0.2) is 0 Å². The highest BCUT2D eigenvalue weighted by atomic mass is 35.5. The number of ether oxygens (including phenoxy) is 1. The van der Waals surface area contributed by atoms with Gasteiger partial charge in [0.25, 0.3) is 0 Å². The van der Waals surface area contributed by atoms with Crippen LogP contribution in [0, 0.1) is 6.92 Å². The van der Waals surface area contributed by atoms with Crippen LogP contribution in [0.25, 0.3) is 0 Å². The van der Waals surface area contributed by atoms with Crippen molar-refractivity contribution in [3.63, 3.8) is 0 Å². The van der Waals surface area contributed by atoms with Gasteiger partial charge in [0.1, 0.15) is 23.9 Å². The van der Waals surface area contributed by atoms with Gasteiger partial charge >= 0.3 is 0 Å². The summed E-state index contributed by atoms with van der Waals surface area (Å²) in [5.74, 6) is 2.56. The molecule has 1 aromatic heterocycles. The molecular formula is C16H18ClNO2. The third kappa shape index (κ3) is 3.56. The van der Waals surface area contributed by atoms with E-state index in [0.29, 0.717) is 17.7 Å². The van der Waals surface area contributed by atoms with Crippen LogP contribution >= 0.6 is 11.6 Å². The molecule has 1 heterocycles. The van der Waals surface area contributed by atoms with Crippen LogP contribution in [0.2, 0.25) is 5.02 Å². The molecule has 0 unspecified atom stereocenters. The lowest BCUT2D eigenvalue weighted by molar-refractivity contribution is 0.267. The minimum atomic E-state index is 0.421. The maximum atomic E-state index is 5.92. The summed E-state index contributed by atoms with van der Waals surface area (Å²) in [6.45, 7) is 3.29. The van der Waals surface area contributed by atoms with Gasteiger partial charge in [0.2, 0.25) is 0 Å². The van der Waals surface area contributed by atoms with Crippen LogP contribution in [-0.4, -0.2) is 6.04 Å². The SMILES string of the molecule is Cc1oc(COc2cccc(Cl)c2)cc1CNC1CC1. The van der Waals surface area contributed by atoms with E-state index in [1.165, 1.54) is 18.4 Å². The number of rotatable bonds is 6. The topological polar surface area (TPSA) is 34.4 Å². The van der Waals surface area contributed by atoms with Crippen LogP contribution < -0.4 is 10.1 Å². The maximum Gasteiger partial charge on any atom is 0.146 e. The average molecular weight is 292 g/mol. The first-order chi connectivity index (χ1) is 9.70. The molecule has 3 nitrogen and oxygen atoms in total. The van der Waals surface area contributed by atoms with Crippen molar-refractivity contribution in [2.45, 2.75) is 39.0 Å². The second kappa shape index (κ2) is 5.90. The Morgan fingerprint density at radius 1 is 1.35 bits per heavy atom. The summed E-state index contributed by atoms with van der Waals surface area (Å²) in [7, 11) is 0. The van der Waals surface area contributed by atoms with Gasteiger partial charge in [-0.05, 0) is 44.0 Å². The fourth-order valence-electron chi connectivity index (χ4n) is 2.09. The summed E-state index contributed by atoms with van der Waals surface area (Å²) in [6.07, 6.45) is 2.59. The lowest BCUT2D eigenvalue weighted by Gasteiger charge is -2.03. The van der Waals surface area contributed by atoms with Crippen molar-refractivity contribution in [1.82, 2.24) is 5.32 Å². The highest BCUT2D eigenvalue weighted by Crippen LogP contribution is 2.22. The van der Waals surface area contributed by atoms with E-state index < -0.39 is 0 Å². The van der Waals surface area contributed by atoms with E-state index >= 15 is 0 Å². The molecule has 0 amide bonds. The summed E-state index contributed by atoms with van der Waals surface area (Å²) in [5, 5.41) is 4.16. The number of nitrogens with one attached hydrogen (secondary N) is 1. The van der Waals surface area contributed by atoms with Crippen LogP contribution in [0.3, 0.4) is 0 Å². The molecule has 1 N–H and O–H groups in total. The molecule has 1 fully saturated rings. The van der Waals surface area contributed by atoms with Gasteiger partial charge in [0, 0.05) is 23.2 Å². The highest BCUT2D eigenvalue weighted by molar-refractivity contribution is 6.30. The molecule has 2 aromatic rings. The Kier molecular flexibility index (Phi) is 3.99. The molecule has 1 aliphatic rings. The van der Waals surface area contributed by atoms with Gasteiger partial charge in [-0.15, -0.1) is 0 Å². The quantitative estimate of drug-likeness (QED) is 0.871. The monoisotopic (exact) mass is 291 g/mol. The second-order valence-corrected chi connectivity index (χ2v) is 5.63. The largest absolute Gasteiger partial charge is 0.486 e. The van der Waals surface area contributed by atoms with Crippen molar-refractivity contribution in [1.29, 1.82) is 0 Å². The van der Waals surface area contributed by atoms with E-state index in [-0.39, 0.29) is 0 Å². The summed E-state index contributed by atoms with van der Waals surface area (Å²) < 4.78 is 11.4. The van der Waals surface area contributed by atoms with E-state index in [9.17, 15) is 0 Å². The number of aryl methyl sites for hydroxylation is 1. The van der Waals surface area contributed by atoms with E-state index in [2.05, 4.69) is 11.4 Å². The van der Waals surface area contributed by atoms with Crippen molar-refractivity contribution >= 4 is 11.6 Å². The zero-order valence-corrected chi connectivity index (χ0v) is 12.2. The number of hydrogen-bond donors (Lipinski definition) is 1. The first-order valence-electron chi connectivity index (χ1n) is 6.90. The van der Waals surface area contributed by atoms with E-state index in [1.54, 1.807) is 6.07 Å². The fourth-order valence-corrected chi connectivity index (χ4v) is 2.27. The lowest BCUT2D eigenvalue weighted by Crippen LogP contribution is -2.15. The van der Waals surface area contributed by atoms with Crippen LogP contribution in [0.4, 0.5) is 0 Å². The minimum absolute atomic E-state index is 0.421. The van der Waals surface area contributed by atoms with Gasteiger partial charge < -0.3 is 14.5 Å². The Morgan fingerprint density at radius 2 is 2.20 bits per heavy atom. The van der Waals surface area contributed by atoms with Gasteiger partial charge in [-0.25, -0.2) is 0 Å². The molecule has 0 aliphatic heterocycles. The molecule has 0 radical (unpaired) electrons. The molecule has 20 heavy (non-hydrogen) atoms. The van der Waals surface area contributed by atoms with Crippen molar-refractivity contribution in [2.75, 3.05) is 0 Å². The van der Waals surface area contributed by atoms with Gasteiger partial charge in [-0.3, -0.25) is 0 Å². The standard InChI is InChI=1S/C16H18ClNO2/c1-11-12(9-18-14-5-6-14)7-16(20-11)10-19-15-4-2-3-13(17)8-15/h2-4,7-8,14,18H,5-6,9-10H2,1H3. The first-order valence-corrected chi connectivity index (χ1v) is 7.28. The van der Waals surface area contributed by atoms with Gasteiger partial charge in [0.05, 0.1) is 0 Å². The summed E-state index contributed by atoms with van der Waals surface area (Å²) in [6, 6.07) is 10.2. The van der Waals surface area contributed by atoms with Gasteiger partial charge in [-0.1, -0.05) is 17.7 Å². The van der Waals surface area contributed by atoms with Crippen LogP contribution in [-0.2, 0) is 13.2 Å². The van der Waals surface area contributed by atoms with Crippen LogP contribution in [0.1, 0.15) is 29.9 Å². The zero-order valence-electron chi connectivity index (χ0n) is 11.5. The maximum absolute atomic E-state index is 5.92. The van der Waals surface area contributed by atoms with Gasteiger partial charge in [-0.2, -0.15) is 0 Å². The summed E-state index contributed by atoms with van der Waals surface area (Å²) in [4.78, 5) is 0. The molecule has 1 aliphatic carbocycles. The Bertz CT molecular complexity index is 590. The first kappa shape index (κ1) is 13.5. The Hall–Kier alpha value is -1.45. The molecule has 106 valence electrons. The summed E-state index contributed by atoms with van der Waals surface area (Å²) >= 11 is 5.92. The molecule has 0 bridgehead atoms. The van der Waals surface area contributed by atoms with Crippen molar-refractivity contribution in [3.8, 4) is 5.75 Å². The third-order valence-electron chi connectivity index (χ3n) is 3.41. The average Bonchev–Trinajstić information content (AvgIpc) is 3.18. The normalized spacial score (nSPS) is 14.5. The Morgan fingerprint density at radius 3 is 2.95 bits per heavy atom. The third-order valence-corrected chi connectivity index (χ3v) is 3.64. The molecule has 0 spiro atoms. The van der Waals surface area contributed by atoms with Crippen molar-refractivity contribution in [2.24, 2.45) is 0 Å². The van der Waals surface area contributed by atoms with Crippen LogP contribution in [0.15, 0.2) is 34.7 Å². The number of furan rings is 1. The van der Waals surface area contributed by atoms with Crippen LogP contribution in [0.5, 0.6) is 5.75 Å². The minimum Gasteiger partial charge on any atom is -0.486 e. The zero-order chi connectivity index (χ0) is 13.9. The van der Waals surface area contributed by atoms with E-state index in [1.807, 2.05) is 25.1 Å². The van der Waals surface area contributed by atoms with Crippen molar-refractivity contribution < 1.29 is 9.15 Å². The smallest absolute Gasteiger partial charge is 0.146 e. The molecule has 3 rings (SSSR count). The predicted molar refractivity (Wildman–Crippen MR) is 79.1 cm³/mol. The predicted octanol–water partition coefficient (Wildman–Crippen LogP) is 4.07. The number of hydrogen-bond acceptors (Lipinski definition) is 3. The molecule has 0 saturated heterocycles. The molecule has 4 heteroatoms. The lowest BCUT2D eigenvalue weighted by atomic mass is 10.2. The Balaban J connectivity index is 1.58. The number of benzene rings is 1. The molecule has 1 aromatic carbocycles. The van der Waals surface area contributed by atoms with Crippen molar-refractivity contribution in [3.05, 3.63) is 52.4 Å². The molecule has 0 atom stereocenters. The fraction of sp³-hybridized carbons (Fsp3) is 0.375. The highest BCUT2D eigenvalue weighted by Gasteiger charge is 2.20. The molecule has 1 saturated carbocycles. The number of halogens is 1. The Labute approximate surface area is 123 Å². The molecular weight excluding hydrogens is 274 g/mol. The second-order valence-electron chi connectivity index (χ2n) is 5.20. The van der Waals surface area contributed by atoms with E-state index in [4.69, 9.17) is 20.8 Å². The van der Waals surface area contributed by atoms with E-state index in [0.717, 1.165) is 23.8 Å².